The minimum atomic E-state index is -4.36. The number of para-hydroxylation sites is 1. The van der Waals surface area contributed by atoms with Crippen molar-refractivity contribution in [1.29, 1.82) is 0 Å². The third-order valence-corrected chi connectivity index (χ3v) is 3.12. The van der Waals surface area contributed by atoms with E-state index in [9.17, 15) is 13.2 Å². The summed E-state index contributed by atoms with van der Waals surface area (Å²) in [6.07, 6.45) is -1.06. The van der Waals surface area contributed by atoms with Crippen molar-refractivity contribution in [2.75, 3.05) is 0 Å². The SMILES string of the molecule is FC(F)(F)c1cccc(-c2nccn2-c2ccccc2)c1. The van der Waals surface area contributed by atoms with E-state index < -0.39 is 11.7 Å². The van der Waals surface area contributed by atoms with Crippen LogP contribution in [0.25, 0.3) is 17.1 Å². The predicted octanol–water partition coefficient (Wildman–Crippen LogP) is 4.56. The third kappa shape index (κ3) is 2.67. The van der Waals surface area contributed by atoms with E-state index >= 15 is 0 Å². The van der Waals surface area contributed by atoms with E-state index in [1.807, 2.05) is 30.3 Å². The molecule has 2 nitrogen and oxygen atoms in total. The molecule has 21 heavy (non-hydrogen) atoms. The average molecular weight is 288 g/mol. The molecule has 0 unspecified atom stereocenters. The molecule has 0 amide bonds. The number of hydrogen-bond acceptors (Lipinski definition) is 1. The van der Waals surface area contributed by atoms with Crippen molar-refractivity contribution in [2.24, 2.45) is 0 Å². The van der Waals surface area contributed by atoms with Crippen LogP contribution in [0.4, 0.5) is 13.2 Å². The lowest BCUT2D eigenvalue weighted by Crippen LogP contribution is -2.05. The van der Waals surface area contributed by atoms with Gasteiger partial charge in [-0.2, -0.15) is 13.2 Å². The molecule has 0 radical (unpaired) electrons. The Morgan fingerprint density at radius 2 is 1.67 bits per heavy atom. The highest BCUT2D eigenvalue weighted by Gasteiger charge is 2.30. The summed E-state index contributed by atoms with van der Waals surface area (Å²) in [7, 11) is 0. The van der Waals surface area contributed by atoms with E-state index in [-0.39, 0.29) is 0 Å². The average Bonchev–Trinajstić information content (AvgIpc) is 2.97. The molecular weight excluding hydrogens is 277 g/mol. The van der Waals surface area contributed by atoms with E-state index in [0.717, 1.165) is 17.8 Å². The number of aromatic nitrogens is 2. The number of alkyl halides is 3. The first kappa shape index (κ1) is 13.4. The van der Waals surface area contributed by atoms with Gasteiger partial charge in [0.2, 0.25) is 0 Å². The van der Waals surface area contributed by atoms with Gasteiger partial charge in [0.25, 0.3) is 0 Å². The van der Waals surface area contributed by atoms with Crippen LogP contribution in [0.3, 0.4) is 0 Å². The van der Waals surface area contributed by atoms with Crippen LogP contribution in [0.15, 0.2) is 67.0 Å². The molecule has 0 atom stereocenters. The molecule has 0 N–H and O–H groups in total. The van der Waals surface area contributed by atoms with Gasteiger partial charge in [-0.25, -0.2) is 4.98 Å². The molecule has 5 heteroatoms. The zero-order valence-electron chi connectivity index (χ0n) is 10.9. The van der Waals surface area contributed by atoms with Gasteiger partial charge < -0.3 is 0 Å². The Hall–Kier alpha value is -2.56. The number of imidazole rings is 1. The molecule has 0 bridgehead atoms. The number of halogens is 3. The molecule has 0 aliphatic carbocycles. The monoisotopic (exact) mass is 288 g/mol. The van der Waals surface area contributed by atoms with Crippen molar-refractivity contribution >= 4 is 0 Å². The van der Waals surface area contributed by atoms with Crippen LogP contribution >= 0.6 is 0 Å². The van der Waals surface area contributed by atoms with Crippen LogP contribution in [0.2, 0.25) is 0 Å². The quantitative estimate of drug-likeness (QED) is 0.676. The molecule has 3 rings (SSSR count). The fourth-order valence-electron chi connectivity index (χ4n) is 2.15. The second-order valence-electron chi connectivity index (χ2n) is 4.53. The van der Waals surface area contributed by atoms with Gasteiger partial charge in [-0.1, -0.05) is 30.3 Å². The largest absolute Gasteiger partial charge is 0.416 e. The first-order chi connectivity index (χ1) is 10.1. The van der Waals surface area contributed by atoms with Gasteiger partial charge in [0, 0.05) is 23.6 Å². The second kappa shape index (κ2) is 5.09. The topological polar surface area (TPSA) is 17.8 Å². The van der Waals surface area contributed by atoms with Crippen LogP contribution in [0.5, 0.6) is 0 Å². The molecule has 0 aliphatic rings. The Morgan fingerprint density at radius 1 is 0.905 bits per heavy atom. The molecular formula is C16H11F3N2. The highest BCUT2D eigenvalue weighted by Crippen LogP contribution is 2.32. The first-order valence-electron chi connectivity index (χ1n) is 6.32. The van der Waals surface area contributed by atoms with Crippen LogP contribution in [-0.2, 0) is 6.18 Å². The van der Waals surface area contributed by atoms with Gasteiger partial charge in [0.1, 0.15) is 5.82 Å². The zero-order valence-corrected chi connectivity index (χ0v) is 10.9. The minimum absolute atomic E-state index is 0.429. The van der Waals surface area contributed by atoms with Crippen molar-refractivity contribution in [2.45, 2.75) is 6.18 Å². The highest BCUT2D eigenvalue weighted by atomic mass is 19.4. The molecule has 1 aromatic heterocycles. The van der Waals surface area contributed by atoms with Crippen molar-refractivity contribution in [3.05, 3.63) is 72.6 Å². The Morgan fingerprint density at radius 3 is 2.38 bits per heavy atom. The summed E-state index contributed by atoms with van der Waals surface area (Å²) in [4.78, 5) is 4.18. The van der Waals surface area contributed by atoms with Gasteiger partial charge in [-0.15, -0.1) is 0 Å². The lowest BCUT2D eigenvalue weighted by molar-refractivity contribution is -0.137. The molecule has 1 heterocycles. The highest BCUT2D eigenvalue weighted by molar-refractivity contribution is 5.60. The van der Waals surface area contributed by atoms with Crippen molar-refractivity contribution in [3.8, 4) is 17.1 Å². The van der Waals surface area contributed by atoms with Gasteiger partial charge in [0.15, 0.2) is 0 Å². The second-order valence-corrected chi connectivity index (χ2v) is 4.53. The first-order valence-corrected chi connectivity index (χ1v) is 6.32. The molecule has 0 saturated heterocycles. The number of nitrogens with zero attached hydrogens (tertiary/aromatic N) is 2. The van der Waals surface area contributed by atoms with E-state index in [1.165, 1.54) is 6.07 Å². The van der Waals surface area contributed by atoms with Crippen LogP contribution in [0.1, 0.15) is 5.56 Å². The lowest BCUT2D eigenvalue weighted by Gasteiger charge is -2.10. The smallest absolute Gasteiger partial charge is 0.300 e. The zero-order chi connectivity index (χ0) is 14.9. The van der Waals surface area contributed by atoms with Crippen LogP contribution < -0.4 is 0 Å². The summed E-state index contributed by atoms with van der Waals surface area (Å²) >= 11 is 0. The minimum Gasteiger partial charge on any atom is -0.300 e. The third-order valence-electron chi connectivity index (χ3n) is 3.12. The summed E-state index contributed by atoms with van der Waals surface area (Å²) in [6.45, 7) is 0. The van der Waals surface area contributed by atoms with E-state index in [4.69, 9.17) is 0 Å². The number of hydrogen-bond donors (Lipinski definition) is 0. The van der Waals surface area contributed by atoms with Gasteiger partial charge in [-0.05, 0) is 24.3 Å². The molecule has 2 aromatic carbocycles. The summed E-state index contributed by atoms with van der Waals surface area (Å²) in [6, 6.07) is 14.5. The standard InChI is InChI=1S/C16H11F3N2/c17-16(18,19)13-6-4-5-12(11-13)15-20-9-10-21(15)14-7-2-1-3-8-14/h1-11H. The summed E-state index contributed by atoms with van der Waals surface area (Å²) in [5.74, 6) is 0.479. The van der Waals surface area contributed by atoms with Gasteiger partial charge in [0.05, 0.1) is 5.56 Å². The predicted molar refractivity (Wildman–Crippen MR) is 74.0 cm³/mol. The molecule has 3 aromatic rings. The van der Waals surface area contributed by atoms with Gasteiger partial charge >= 0.3 is 6.18 Å². The normalized spacial score (nSPS) is 11.6. The molecule has 0 fully saturated rings. The summed E-state index contributed by atoms with van der Waals surface area (Å²) < 4.78 is 40.2. The fourth-order valence-corrected chi connectivity index (χ4v) is 2.15. The van der Waals surface area contributed by atoms with E-state index in [1.54, 1.807) is 23.0 Å². The summed E-state index contributed by atoms with van der Waals surface area (Å²) in [5.41, 5.74) is 0.601. The molecule has 0 spiro atoms. The Bertz CT molecular complexity index is 745. The van der Waals surface area contributed by atoms with Crippen molar-refractivity contribution in [3.63, 3.8) is 0 Å². The maximum absolute atomic E-state index is 12.8. The molecule has 106 valence electrons. The van der Waals surface area contributed by atoms with Gasteiger partial charge in [-0.3, -0.25) is 4.57 Å². The van der Waals surface area contributed by atoms with E-state index in [2.05, 4.69) is 4.98 Å². The van der Waals surface area contributed by atoms with E-state index in [0.29, 0.717) is 11.4 Å². The van der Waals surface area contributed by atoms with Crippen molar-refractivity contribution in [1.82, 2.24) is 9.55 Å². The van der Waals surface area contributed by atoms with Crippen LogP contribution in [-0.4, -0.2) is 9.55 Å². The number of rotatable bonds is 2. The number of benzene rings is 2. The fraction of sp³-hybridized carbons (Fsp3) is 0.0625. The lowest BCUT2D eigenvalue weighted by atomic mass is 10.1. The Kier molecular flexibility index (Phi) is 3.25. The Balaban J connectivity index is 2.09. The summed E-state index contributed by atoms with van der Waals surface area (Å²) in [5, 5.41) is 0. The maximum Gasteiger partial charge on any atom is 0.416 e. The van der Waals surface area contributed by atoms with Crippen LogP contribution in [0, 0.1) is 0 Å². The molecule has 0 saturated carbocycles. The Labute approximate surface area is 119 Å². The molecule has 0 aliphatic heterocycles. The maximum atomic E-state index is 12.8. The van der Waals surface area contributed by atoms with Crippen molar-refractivity contribution < 1.29 is 13.2 Å².